The minimum absolute atomic E-state index is 0.0615. The summed E-state index contributed by atoms with van der Waals surface area (Å²) in [6.07, 6.45) is 6.41. The smallest absolute Gasteiger partial charge is 0.0425 e. The molecule has 0 aliphatic heterocycles. The predicted octanol–water partition coefficient (Wildman–Crippen LogP) is 5.19. The van der Waals surface area contributed by atoms with Crippen molar-refractivity contribution >= 4 is 5.57 Å². The Hall–Kier alpha value is -1.82. The van der Waals surface area contributed by atoms with Crippen molar-refractivity contribution in [2.75, 3.05) is 0 Å². The molecule has 0 heterocycles. The van der Waals surface area contributed by atoms with E-state index in [9.17, 15) is 0 Å². The van der Waals surface area contributed by atoms with Gasteiger partial charge in [-0.3, -0.25) is 0 Å². The largest absolute Gasteiger partial charge is 0.0987 e. The summed E-state index contributed by atoms with van der Waals surface area (Å²) in [5.74, 6) is 0. The SMILES string of the molecule is C=CC1=C(C)C2(CCC(C)=C2C=C)c2ccccc21. The molecule has 0 heteroatoms. The molecule has 0 saturated carbocycles. The van der Waals surface area contributed by atoms with E-state index in [0.29, 0.717) is 0 Å². The molecule has 3 rings (SSSR count). The lowest BCUT2D eigenvalue weighted by atomic mass is 9.72. The van der Waals surface area contributed by atoms with Crippen molar-refractivity contribution in [2.24, 2.45) is 0 Å². The molecule has 0 aromatic heterocycles. The standard InChI is InChI=1S/C19H20/c1-5-15-14(4)19(12-11-13(3)17(19)6-2)18-10-8-7-9-16(15)18/h5-10H,1-2,11-12H2,3-4H3. The van der Waals surface area contributed by atoms with Crippen molar-refractivity contribution in [2.45, 2.75) is 32.1 Å². The van der Waals surface area contributed by atoms with Gasteiger partial charge >= 0.3 is 0 Å². The zero-order valence-electron chi connectivity index (χ0n) is 11.8. The van der Waals surface area contributed by atoms with Crippen molar-refractivity contribution in [3.05, 3.63) is 77.4 Å². The third kappa shape index (κ3) is 1.35. The van der Waals surface area contributed by atoms with Crippen LogP contribution in [0.25, 0.3) is 5.57 Å². The van der Waals surface area contributed by atoms with Crippen molar-refractivity contribution in [1.82, 2.24) is 0 Å². The van der Waals surface area contributed by atoms with Gasteiger partial charge in [-0.2, -0.15) is 0 Å². The van der Waals surface area contributed by atoms with Crippen LogP contribution in [0.2, 0.25) is 0 Å². The Morgan fingerprint density at radius 1 is 1.11 bits per heavy atom. The fourth-order valence-electron chi connectivity index (χ4n) is 4.01. The summed E-state index contributed by atoms with van der Waals surface area (Å²) in [7, 11) is 0. The zero-order chi connectivity index (χ0) is 13.6. The quantitative estimate of drug-likeness (QED) is 0.675. The van der Waals surface area contributed by atoms with E-state index in [1.165, 1.54) is 39.8 Å². The summed E-state index contributed by atoms with van der Waals surface area (Å²) in [6.45, 7) is 12.6. The second-order valence-electron chi connectivity index (χ2n) is 5.59. The number of fused-ring (bicyclic) bond motifs is 2. The van der Waals surface area contributed by atoms with Crippen molar-refractivity contribution < 1.29 is 0 Å². The van der Waals surface area contributed by atoms with Crippen LogP contribution in [0, 0.1) is 0 Å². The molecule has 0 N–H and O–H groups in total. The molecule has 1 unspecified atom stereocenters. The maximum atomic E-state index is 4.06. The first-order chi connectivity index (χ1) is 9.16. The maximum Gasteiger partial charge on any atom is 0.0425 e. The average molecular weight is 248 g/mol. The molecule has 1 atom stereocenters. The maximum absolute atomic E-state index is 4.06. The molecule has 2 aliphatic carbocycles. The lowest BCUT2D eigenvalue weighted by molar-refractivity contribution is 0.602. The molecule has 0 radical (unpaired) electrons. The van der Waals surface area contributed by atoms with Gasteiger partial charge < -0.3 is 0 Å². The third-order valence-electron chi connectivity index (χ3n) is 4.92. The van der Waals surface area contributed by atoms with Crippen LogP contribution < -0.4 is 0 Å². The van der Waals surface area contributed by atoms with Crippen LogP contribution in [0.5, 0.6) is 0 Å². The Morgan fingerprint density at radius 2 is 1.84 bits per heavy atom. The molecule has 0 amide bonds. The number of allylic oxidation sites excluding steroid dienone is 6. The fourth-order valence-corrected chi connectivity index (χ4v) is 4.01. The summed E-state index contributed by atoms with van der Waals surface area (Å²) in [4.78, 5) is 0. The monoisotopic (exact) mass is 248 g/mol. The highest BCUT2D eigenvalue weighted by atomic mass is 14.5. The van der Waals surface area contributed by atoms with Gasteiger partial charge in [-0.25, -0.2) is 0 Å². The molecule has 0 bridgehead atoms. The number of hydrogen-bond acceptors (Lipinski definition) is 0. The first-order valence-corrected chi connectivity index (χ1v) is 6.93. The van der Waals surface area contributed by atoms with E-state index in [4.69, 9.17) is 0 Å². The highest BCUT2D eigenvalue weighted by Gasteiger charge is 2.46. The number of rotatable bonds is 2. The molecular formula is C19H20. The van der Waals surface area contributed by atoms with E-state index in [-0.39, 0.29) is 5.41 Å². The Balaban J connectivity index is 2.38. The number of hydrogen-bond donors (Lipinski definition) is 0. The van der Waals surface area contributed by atoms with Crippen molar-refractivity contribution in [1.29, 1.82) is 0 Å². The Kier molecular flexibility index (Phi) is 2.63. The fraction of sp³-hybridized carbons (Fsp3) is 0.263. The van der Waals surface area contributed by atoms with Crippen LogP contribution in [0.3, 0.4) is 0 Å². The third-order valence-corrected chi connectivity index (χ3v) is 4.92. The highest BCUT2D eigenvalue weighted by molar-refractivity contribution is 5.88. The van der Waals surface area contributed by atoms with Crippen molar-refractivity contribution in [3.8, 4) is 0 Å². The minimum Gasteiger partial charge on any atom is -0.0987 e. The molecule has 1 spiro atoms. The summed E-state index contributed by atoms with van der Waals surface area (Å²) in [6, 6.07) is 8.76. The lowest BCUT2D eigenvalue weighted by Crippen LogP contribution is -2.24. The first kappa shape index (κ1) is 12.2. The van der Waals surface area contributed by atoms with Crippen LogP contribution >= 0.6 is 0 Å². The van der Waals surface area contributed by atoms with Crippen LogP contribution in [0.1, 0.15) is 37.8 Å². The van der Waals surface area contributed by atoms with Gasteiger partial charge in [0.05, 0.1) is 0 Å². The molecule has 0 nitrogen and oxygen atoms in total. The minimum atomic E-state index is 0.0615. The predicted molar refractivity (Wildman–Crippen MR) is 83.0 cm³/mol. The molecule has 1 aromatic rings. The Labute approximate surface area is 115 Å². The number of benzene rings is 1. The van der Waals surface area contributed by atoms with Crippen LogP contribution in [0.15, 0.2) is 66.3 Å². The van der Waals surface area contributed by atoms with Gasteiger partial charge in [0.1, 0.15) is 0 Å². The van der Waals surface area contributed by atoms with E-state index in [2.05, 4.69) is 57.3 Å². The van der Waals surface area contributed by atoms with E-state index < -0.39 is 0 Å². The Morgan fingerprint density at radius 3 is 2.53 bits per heavy atom. The van der Waals surface area contributed by atoms with Gasteiger partial charge in [-0.05, 0) is 49.0 Å². The first-order valence-electron chi connectivity index (χ1n) is 6.93. The van der Waals surface area contributed by atoms with Crippen LogP contribution in [-0.2, 0) is 5.41 Å². The summed E-state index contributed by atoms with van der Waals surface area (Å²) in [5, 5.41) is 0. The van der Waals surface area contributed by atoms with Crippen LogP contribution in [0.4, 0.5) is 0 Å². The second kappa shape index (κ2) is 4.09. The van der Waals surface area contributed by atoms with E-state index in [1.54, 1.807) is 0 Å². The molecular weight excluding hydrogens is 228 g/mol. The Bertz CT molecular complexity index is 640. The van der Waals surface area contributed by atoms with Gasteiger partial charge in [-0.15, -0.1) is 0 Å². The molecule has 19 heavy (non-hydrogen) atoms. The topological polar surface area (TPSA) is 0 Å². The zero-order valence-corrected chi connectivity index (χ0v) is 11.8. The summed E-state index contributed by atoms with van der Waals surface area (Å²) >= 11 is 0. The molecule has 1 aromatic carbocycles. The van der Waals surface area contributed by atoms with Gasteiger partial charge in [-0.1, -0.05) is 60.7 Å². The second-order valence-corrected chi connectivity index (χ2v) is 5.59. The van der Waals surface area contributed by atoms with E-state index in [1.807, 2.05) is 6.08 Å². The van der Waals surface area contributed by atoms with Gasteiger partial charge in [0.25, 0.3) is 0 Å². The highest BCUT2D eigenvalue weighted by Crippen LogP contribution is 2.57. The van der Waals surface area contributed by atoms with Crippen molar-refractivity contribution in [3.63, 3.8) is 0 Å². The van der Waals surface area contributed by atoms with E-state index >= 15 is 0 Å². The van der Waals surface area contributed by atoms with Gasteiger partial charge in [0.15, 0.2) is 0 Å². The molecule has 96 valence electrons. The van der Waals surface area contributed by atoms with E-state index in [0.717, 1.165) is 6.42 Å². The van der Waals surface area contributed by atoms with Crippen LogP contribution in [-0.4, -0.2) is 0 Å². The average Bonchev–Trinajstić information content (AvgIpc) is 2.88. The molecule has 0 saturated heterocycles. The van der Waals surface area contributed by atoms with Gasteiger partial charge in [0.2, 0.25) is 0 Å². The summed E-state index contributed by atoms with van der Waals surface area (Å²) in [5.41, 5.74) is 8.49. The molecule has 0 fully saturated rings. The normalized spacial score (nSPS) is 25.2. The van der Waals surface area contributed by atoms with Gasteiger partial charge in [0, 0.05) is 5.41 Å². The summed E-state index contributed by atoms with van der Waals surface area (Å²) < 4.78 is 0. The lowest BCUT2D eigenvalue weighted by Gasteiger charge is -2.30. The molecule has 2 aliphatic rings.